The maximum Gasteiger partial charge on any atom is 0.0346 e. The van der Waals surface area contributed by atoms with Gasteiger partial charge in [-0.3, -0.25) is 0 Å². The van der Waals surface area contributed by atoms with E-state index in [1.54, 1.807) is 0 Å². The molecule has 1 heteroatoms. The maximum atomic E-state index is 6.03. The van der Waals surface area contributed by atoms with Crippen molar-refractivity contribution in [2.45, 2.75) is 65.2 Å². The number of benzene rings is 1. The van der Waals surface area contributed by atoms with Gasteiger partial charge in [-0.2, -0.15) is 0 Å². The van der Waals surface area contributed by atoms with E-state index < -0.39 is 0 Å². The van der Waals surface area contributed by atoms with E-state index in [0.29, 0.717) is 0 Å². The molecule has 0 aliphatic rings. The molecule has 0 heterocycles. The molecule has 0 atom stereocenters. The standard InChI is InChI=1S/C16H27N/c1-3-5-7-9-14-11-12-16(17)15(13-14)10-8-6-4-2/h11-13H,3-10,17H2,1-2H3. The van der Waals surface area contributed by atoms with Gasteiger partial charge in [0.1, 0.15) is 0 Å². The normalized spacial score (nSPS) is 10.7. The number of unbranched alkanes of at least 4 members (excludes halogenated alkanes) is 4. The molecule has 0 aromatic heterocycles. The van der Waals surface area contributed by atoms with Crippen LogP contribution in [0.15, 0.2) is 18.2 Å². The van der Waals surface area contributed by atoms with Crippen molar-refractivity contribution in [3.63, 3.8) is 0 Å². The zero-order valence-corrected chi connectivity index (χ0v) is 11.5. The number of rotatable bonds is 8. The van der Waals surface area contributed by atoms with Gasteiger partial charge in [0.15, 0.2) is 0 Å². The average molecular weight is 233 g/mol. The lowest BCUT2D eigenvalue weighted by molar-refractivity contribution is 0.709. The molecule has 0 saturated carbocycles. The Morgan fingerprint density at radius 1 is 0.882 bits per heavy atom. The van der Waals surface area contributed by atoms with Crippen molar-refractivity contribution in [3.05, 3.63) is 29.3 Å². The van der Waals surface area contributed by atoms with Crippen LogP contribution in [0.5, 0.6) is 0 Å². The minimum absolute atomic E-state index is 0.973. The predicted molar refractivity (Wildman–Crippen MR) is 77.3 cm³/mol. The number of nitrogens with two attached hydrogens (primary N) is 1. The molecule has 0 unspecified atom stereocenters. The molecular weight excluding hydrogens is 206 g/mol. The minimum atomic E-state index is 0.973. The Kier molecular flexibility index (Phi) is 6.76. The summed E-state index contributed by atoms with van der Waals surface area (Å²) in [7, 11) is 0. The highest BCUT2D eigenvalue weighted by Gasteiger charge is 2.01. The molecule has 0 radical (unpaired) electrons. The Hall–Kier alpha value is -0.980. The molecule has 1 aromatic carbocycles. The Balaban J connectivity index is 2.53. The fourth-order valence-electron chi connectivity index (χ4n) is 2.18. The van der Waals surface area contributed by atoms with Crippen molar-refractivity contribution in [3.8, 4) is 0 Å². The third kappa shape index (κ3) is 5.25. The smallest absolute Gasteiger partial charge is 0.0346 e. The third-order valence-corrected chi connectivity index (χ3v) is 3.33. The Morgan fingerprint density at radius 2 is 1.53 bits per heavy atom. The number of hydrogen-bond acceptors (Lipinski definition) is 1. The van der Waals surface area contributed by atoms with Crippen molar-refractivity contribution in [2.75, 3.05) is 5.73 Å². The molecule has 0 spiro atoms. The van der Waals surface area contributed by atoms with Crippen LogP contribution in [0.1, 0.15) is 63.5 Å². The third-order valence-electron chi connectivity index (χ3n) is 3.33. The molecule has 1 aromatic rings. The van der Waals surface area contributed by atoms with Gasteiger partial charge in [0, 0.05) is 5.69 Å². The van der Waals surface area contributed by atoms with Crippen LogP contribution < -0.4 is 5.73 Å². The lowest BCUT2D eigenvalue weighted by Gasteiger charge is -2.08. The summed E-state index contributed by atoms with van der Waals surface area (Å²) in [6.45, 7) is 4.49. The SMILES string of the molecule is CCCCCc1ccc(N)c(CCCCC)c1. The van der Waals surface area contributed by atoms with Crippen molar-refractivity contribution < 1.29 is 0 Å². The zero-order valence-electron chi connectivity index (χ0n) is 11.5. The minimum Gasteiger partial charge on any atom is -0.399 e. The van der Waals surface area contributed by atoms with Gasteiger partial charge >= 0.3 is 0 Å². The Labute approximate surface area is 106 Å². The van der Waals surface area contributed by atoms with Gasteiger partial charge in [-0.15, -0.1) is 0 Å². The second kappa shape index (κ2) is 8.16. The average Bonchev–Trinajstić information content (AvgIpc) is 2.33. The first-order valence-corrected chi connectivity index (χ1v) is 7.15. The fourth-order valence-corrected chi connectivity index (χ4v) is 2.18. The quantitative estimate of drug-likeness (QED) is 0.509. The van der Waals surface area contributed by atoms with E-state index in [4.69, 9.17) is 5.73 Å². The second-order valence-corrected chi connectivity index (χ2v) is 4.95. The van der Waals surface area contributed by atoms with Crippen LogP contribution in [-0.4, -0.2) is 0 Å². The highest BCUT2D eigenvalue weighted by molar-refractivity contribution is 5.48. The van der Waals surface area contributed by atoms with Crippen LogP contribution in [0, 0.1) is 0 Å². The summed E-state index contributed by atoms with van der Waals surface area (Å²) < 4.78 is 0. The van der Waals surface area contributed by atoms with Crippen molar-refractivity contribution >= 4 is 5.69 Å². The molecule has 1 rings (SSSR count). The van der Waals surface area contributed by atoms with Gasteiger partial charge in [0.2, 0.25) is 0 Å². The molecule has 0 aliphatic carbocycles. The summed E-state index contributed by atoms with van der Waals surface area (Å²) in [5, 5.41) is 0. The van der Waals surface area contributed by atoms with Crippen molar-refractivity contribution in [2.24, 2.45) is 0 Å². The van der Waals surface area contributed by atoms with Crippen LogP contribution in [0.2, 0.25) is 0 Å². The van der Waals surface area contributed by atoms with E-state index in [1.165, 1.54) is 56.1 Å². The van der Waals surface area contributed by atoms with E-state index in [1.807, 2.05) is 0 Å². The predicted octanol–water partition coefficient (Wildman–Crippen LogP) is 4.73. The largest absolute Gasteiger partial charge is 0.399 e. The number of hydrogen-bond donors (Lipinski definition) is 1. The van der Waals surface area contributed by atoms with Crippen LogP contribution >= 0.6 is 0 Å². The summed E-state index contributed by atoms with van der Waals surface area (Å²) in [6, 6.07) is 6.59. The van der Waals surface area contributed by atoms with E-state index >= 15 is 0 Å². The van der Waals surface area contributed by atoms with Crippen LogP contribution in [0.3, 0.4) is 0 Å². The van der Waals surface area contributed by atoms with Gasteiger partial charge in [0.25, 0.3) is 0 Å². The van der Waals surface area contributed by atoms with Gasteiger partial charge in [-0.25, -0.2) is 0 Å². The molecule has 0 saturated heterocycles. The van der Waals surface area contributed by atoms with Crippen molar-refractivity contribution in [1.82, 2.24) is 0 Å². The molecule has 0 aliphatic heterocycles. The van der Waals surface area contributed by atoms with Gasteiger partial charge in [0.05, 0.1) is 0 Å². The first-order chi connectivity index (χ1) is 8.27. The molecule has 2 N–H and O–H groups in total. The first-order valence-electron chi connectivity index (χ1n) is 7.15. The topological polar surface area (TPSA) is 26.0 Å². The summed E-state index contributed by atoms with van der Waals surface area (Å²) in [6.07, 6.45) is 10.1. The van der Waals surface area contributed by atoms with Gasteiger partial charge in [-0.05, 0) is 42.9 Å². The number of aryl methyl sites for hydroxylation is 2. The van der Waals surface area contributed by atoms with Gasteiger partial charge < -0.3 is 5.73 Å². The zero-order chi connectivity index (χ0) is 12.5. The van der Waals surface area contributed by atoms with Crippen LogP contribution in [0.4, 0.5) is 5.69 Å². The summed E-state index contributed by atoms with van der Waals surface area (Å²) in [5.41, 5.74) is 9.81. The van der Waals surface area contributed by atoms with Crippen LogP contribution in [0.25, 0.3) is 0 Å². The lowest BCUT2D eigenvalue weighted by Crippen LogP contribution is -1.97. The molecule has 1 nitrogen and oxygen atoms in total. The number of anilines is 1. The lowest BCUT2D eigenvalue weighted by atomic mass is 10.00. The Bertz CT molecular complexity index is 317. The molecular formula is C16H27N. The first kappa shape index (κ1) is 14.1. The summed E-state index contributed by atoms with van der Waals surface area (Å²) in [4.78, 5) is 0. The van der Waals surface area contributed by atoms with E-state index in [0.717, 1.165) is 12.1 Å². The summed E-state index contributed by atoms with van der Waals surface area (Å²) >= 11 is 0. The highest BCUT2D eigenvalue weighted by atomic mass is 14.6. The van der Waals surface area contributed by atoms with Gasteiger partial charge in [-0.1, -0.05) is 51.7 Å². The number of nitrogen functional groups attached to an aromatic ring is 1. The molecule has 0 amide bonds. The fraction of sp³-hybridized carbons (Fsp3) is 0.625. The molecule has 0 bridgehead atoms. The maximum absolute atomic E-state index is 6.03. The Morgan fingerprint density at radius 3 is 2.18 bits per heavy atom. The molecule has 0 fully saturated rings. The molecule has 96 valence electrons. The summed E-state index contributed by atoms with van der Waals surface area (Å²) in [5.74, 6) is 0. The van der Waals surface area contributed by atoms with E-state index in [2.05, 4.69) is 32.0 Å². The monoisotopic (exact) mass is 233 g/mol. The highest BCUT2D eigenvalue weighted by Crippen LogP contribution is 2.18. The van der Waals surface area contributed by atoms with E-state index in [-0.39, 0.29) is 0 Å². The molecule has 17 heavy (non-hydrogen) atoms. The van der Waals surface area contributed by atoms with Crippen molar-refractivity contribution in [1.29, 1.82) is 0 Å². The second-order valence-electron chi connectivity index (χ2n) is 4.95. The van der Waals surface area contributed by atoms with Crippen LogP contribution in [-0.2, 0) is 12.8 Å². The van der Waals surface area contributed by atoms with E-state index in [9.17, 15) is 0 Å².